The monoisotopic (exact) mass is 350 g/mol. The van der Waals surface area contributed by atoms with Gasteiger partial charge in [-0.2, -0.15) is 0 Å². The number of ether oxygens (including phenoxy) is 1. The molecular formula is C21H34O4. The Morgan fingerprint density at radius 2 is 1.96 bits per heavy atom. The van der Waals surface area contributed by atoms with E-state index in [1.165, 1.54) is 7.11 Å². The van der Waals surface area contributed by atoms with E-state index < -0.39 is 5.41 Å². The first-order valence-electron chi connectivity index (χ1n) is 10.2. The molecule has 1 spiro atoms. The fraction of sp³-hybridized carbons (Fsp3) is 0.952. The predicted octanol–water partition coefficient (Wildman–Crippen LogP) is 3.15. The Hall–Kier alpha value is -0.610. The Bertz CT molecular complexity index is 562. The molecule has 0 unspecified atom stereocenters. The Labute approximate surface area is 151 Å². The summed E-state index contributed by atoms with van der Waals surface area (Å²) in [5, 5.41) is 21.0. The molecule has 0 saturated heterocycles. The summed E-state index contributed by atoms with van der Waals surface area (Å²) < 4.78 is 5.21. The Morgan fingerprint density at radius 3 is 2.64 bits per heavy atom. The molecule has 8 atom stereocenters. The van der Waals surface area contributed by atoms with E-state index in [-0.39, 0.29) is 41.3 Å². The molecule has 4 saturated carbocycles. The van der Waals surface area contributed by atoms with Gasteiger partial charge in [0.1, 0.15) is 0 Å². The van der Waals surface area contributed by atoms with E-state index in [4.69, 9.17) is 4.74 Å². The Balaban J connectivity index is 1.74. The SMILES string of the molecule is COC(=O)[C@]1(C)CCC[C@@]2(C)[C@@H]3[C@@H](O)C[C@@H]4C[C@@]3(CC[C@@H]21)C[C@@H]4CO. The minimum absolute atomic E-state index is 0.00578. The van der Waals surface area contributed by atoms with Crippen LogP contribution in [0.5, 0.6) is 0 Å². The molecule has 0 aliphatic heterocycles. The smallest absolute Gasteiger partial charge is 0.311 e. The maximum atomic E-state index is 12.7. The first-order valence-corrected chi connectivity index (χ1v) is 10.2. The molecule has 4 aliphatic rings. The molecular weight excluding hydrogens is 316 g/mol. The van der Waals surface area contributed by atoms with E-state index in [2.05, 4.69) is 13.8 Å². The van der Waals surface area contributed by atoms with Crippen molar-refractivity contribution in [3.63, 3.8) is 0 Å². The van der Waals surface area contributed by atoms with E-state index >= 15 is 0 Å². The topological polar surface area (TPSA) is 66.8 Å². The summed E-state index contributed by atoms with van der Waals surface area (Å²) in [6.45, 7) is 4.70. The van der Waals surface area contributed by atoms with Crippen LogP contribution in [0.3, 0.4) is 0 Å². The van der Waals surface area contributed by atoms with Crippen LogP contribution in [0.1, 0.15) is 65.2 Å². The third kappa shape index (κ3) is 2.22. The lowest BCUT2D eigenvalue weighted by Crippen LogP contribution is -2.61. The van der Waals surface area contributed by atoms with Gasteiger partial charge in [-0.15, -0.1) is 0 Å². The van der Waals surface area contributed by atoms with Crippen LogP contribution < -0.4 is 0 Å². The number of aliphatic hydroxyl groups is 2. The summed E-state index contributed by atoms with van der Waals surface area (Å²) >= 11 is 0. The summed E-state index contributed by atoms with van der Waals surface area (Å²) in [5.41, 5.74) is -0.252. The van der Waals surface area contributed by atoms with Crippen LogP contribution in [0.25, 0.3) is 0 Å². The van der Waals surface area contributed by atoms with E-state index in [1.54, 1.807) is 0 Å². The summed E-state index contributed by atoms with van der Waals surface area (Å²) in [7, 11) is 1.51. The Morgan fingerprint density at radius 1 is 1.20 bits per heavy atom. The van der Waals surface area contributed by atoms with E-state index in [1.807, 2.05) is 0 Å². The lowest BCUT2D eigenvalue weighted by molar-refractivity contribution is -0.201. The number of hydrogen-bond acceptors (Lipinski definition) is 4. The second kappa shape index (κ2) is 5.69. The minimum Gasteiger partial charge on any atom is -0.469 e. The number of rotatable bonds is 2. The zero-order valence-electron chi connectivity index (χ0n) is 16.0. The number of hydrogen-bond donors (Lipinski definition) is 2. The number of esters is 1. The molecule has 4 fully saturated rings. The molecule has 0 aromatic heterocycles. The van der Waals surface area contributed by atoms with Gasteiger partial charge in [0, 0.05) is 6.61 Å². The van der Waals surface area contributed by atoms with Crippen molar-refractivity contribution in [3.05, 3.63) is 0 Å². The van der Waals surface area contributed by atoms with Crippen molar-refractivity contribution in [2.24, 2.45) is 39.9 Å². The third-order valence-corrected chi connectivity index (χ3v) is 9.10. The molecule has 2 bridgehead atoms. The first kappa shape index (κ1) is 17.8. The largest absolute Gasteiger partial charge is 0.469 e. The van der Waals surface area contributed by atoms with Gasteiger partial charge < -0.3 is 14.9 Å². The van der Waals surface area contributed by atoms with Gasteiger partial charge in [-0.25, -0.2) is 0 Å². The highest BCUT2D eigenvalue weighted by molar-refractivity contribution is 5.77. The molecule has 4 rings (SSSR count). The zero-order valence-corrected chi connectivity index (χ0v) is 16.0. The van der Waals surface area contributed by atoms with Crippen LogP contribution in [0.2, 0.25) is 0 Å². The molecule has 142 valence electrons. The summed E-state index contributed by atoms with van der Waals surface area (Å²) in [6.07, 6.45) is 7.94. The third-order valence-electron chi connectivity index (χ3n) is 9.10. The van der Waals surface area contributed by atoms with Gasteiger partial charge >= 0.3 is 5.97 Å². The van der Waals surface area contributed by atoms with Crippen LogP contribution in [0.4, 0.5) is 0 Å². The maximum absolute atomic E-state index is 12.7. The fourth-order valence-electron chi connectivity index (χ4n) is 8.40. The van der Waals surface area contributed by atoms with Gasteiger partial charge in [-0.05, 0) is 86.4 Å². The second-order valence-electron chi connectivity index (χ2n) is 10.1. The molecule has 0 aromatic carbocycles. The average molecular weight is 350 g/mol. The van der Waals surface area contributed by atoms with Gasteiger partial charge in [0.05, 0.1) is 18.6 Å². The normalized spacial score (nSPS) is 54.5. The van der Waals surface area contributed by atoms with Gasteiger partial charge in [0.15, 0.2) is 0 Å². The standard InChI is InChI=1S/C21H34O4/c1-19-6-4-7-20(2,18(24)25-3)16(19)5-8-21-10-13(14(11-21)12-22)9-15(23)17(19)21/h13-17,22-23H,4-12H2,1-3H3/t13-,14-,15+,16+,17+,19-,20-,21+/m1/s1. The van der Waals surface area contributed by atoms with Crippen LogP contribution in [0, 0.1) is 39.9 Å². The summed E-state index contributed by atoms with van der Waals surface area (Å²) in [5.74, 6) is 1.32. The number of methoxy groups -OCH3 is 1. The second-order valence-corrected chi connectivity index (χ2v) is 10.1. The molecule has 4 nitrogen and oxygen atoms in total. The lowest BCUT2D eigenvalue weighted by atomic mass is 9.40. The first-order chi connectivity index (χ1) is 11.8. The van der Waals surface area contributed by atoms with Crippen molar-refractivity contribution in [1.82, 2.24) is 0 Å². The van der Waals surface area contributed by atoms with Crippen LogP contribution in [-0.2, 0) is 9.53 Å². The average Bonchev–Trinajstić information content (AvgIpc) is 2.84. The van der Waals surface area contributed by atoms with Crippen LogP contribution in [0.15, 0.2) is 0 Å². The van der Waals surface area contributed by atoms with Gasteiger partial charge in [0.2, 0.25) is 0 Å². The van der Waals surface area contributed by atoms with Gasteiger partial charge in [-0.1, -0.05) is 13.3 Å². The minimum atomic E-state index is -0.422. The maximum Gasteiger partial charge on any atom is 0.311 e. The molecule has 25 heavy (non-hydrogen) atoms. The van der Waals surface area contributed by atoms with Crippen molar-refractivity contribution >= 4 is 5.97 Å². The van der Waals surface area contributed by atoms with E-state index in [0.29, 0.717) is 11.8 Å². The quantitative estimate of drug-likeness (QED) is 0.751. The van der Waals surface area contributed by atoms with Gasteiger partial charge in [-0.3, -0.25) is 4.79 Å². The Kier molecular flexibility index (Phi) is 4.05. The molecule has 0 heterocycles. The van der Waals surface area contributed by atoms with Crippen LogP contribution >= 0.6 is 0 Å². The zero-order chi connectivity index (χ0) is 18.0. The lowest BCUT2D eigenvalue weighted by Gasteiger charge is -2.64. The number of aliphatic hydroxyl groups excluding tert-OH is 2. The van der Waals surface area contributed by atoms with Crippen molar-refractivity contribution in [3.8, 4) is 0 Å². The highest BCUT2D eigenvalue weighted by Gasteiger charge is 2.68. The highest BCUT2D eigenvalue weighted by atomic mass is 16.5. The fourth-order valence-corrected chi connectivity index (χ4v) is 8.40. The number of carbonyl (C=O) groups is 1. The van der Waals surface area contributed by atoms with Crippen molar-refractivity contribution < 1.29 is 19.7 Å². The van der Waals surface area contributed by atoms with E-state index in [9.17, 15) is 15.0 Å². The molecule has 0 aromatic rings. The van der Waals surface area contributed by atoms with Crippen LogP contribution in [-0.4, -0.2) is 36.0 Å². The summed E-state index contributed by atoms with van der Waals surface area (Å²) in [6, 6.07) is 0. The van der Waals surface area contributed by atoms with Crippen molar-refractivity contribution in [1.29, 1.82) is 0 Å². The number of carbonyl (C=O) groups excluding carboxylic acids is 1. The highest BCUT2D eigenvalue weighted by Crippen LogP contribution is 2.72. The summed E-state index contributed by atoms with van der Waals surface area (Å²) in [4.78, 5) is 12.7. The predicted molar refractivity (Wildman–Crippen MR) is 94.7 cm³/mol. The molecule has 2 N–H and O–H groups in total. The molecule has 0 amide bonds. The number of fused-ring (bicyclic) bond motifs is 3. The molecule has 0 radical (unpaired) electrons. The van der Waals surface area contributed by atoms with Gasteiger partial charge in [0.25, 0.3) is 0 Å². The van der Waals surface area contributed by atoms with E-state index in [0.717, 1.165) is 51.4 Å². The van der Waals surface area contributed by atoms with Crippen molar-refractivity contribution in [2.45, 2.75) is 71.3 Å². The van der Waals surface area contributed by atoms with Crippen molar-refractivity contribution in [2.75, 3.05) is 13.7 Å². The molecule has 4 aliphatic carbocycles. The molecule has 4 heteroatoms.